The van der Waals surface area contributed by atoms with E-state index in [4.69, 9.17) is 29.9 Å². The summed E-state index contributed by atoms with van der Waals surface area (Å²) in [6.45, 7) is 2.04. The van der Waals surface area contributed by atoms with Crippen LogP contribution in [0.1, 0.15) is 72.4 Å². The van der Waals surface area contributed by atoms with E-state index in [2.05, 4.69) is 65.3 Å². The van der Waals surface area contributed by atoms with Crippen molar-refractivity contribution in [1.82, 2.24) is 39.5 Å². The summed E-state index contributed by atoms with van der Waals surface area (Å²) in [6.07, 6.45) is 13.9. The maximum Gasteiger partial charge on any atom is 0.109 e. The number of aryl methyl sites for hydroxylation is 6. The lowest BCUT2D eigenvalue weighted by Gasteiger charge is -2.19. The number of nitrogens with one attached hydrogen (secondary N) is 1. The Bertz CT molecular complexity index is 2150. The van der Waals surface area contributed by atoms with Gasteiger partial charge in [0.1, 0.15) is 11.6 Å². The Labute approximate surface area is 268 Å². The summed E-state index contributed by atoms with van der Waals surface area (Å²) in [5, 5.41) is 0. The Morgan fingerprint density at radius 2 is 1.50 bits per heavy atom. The van der Waals surface area contributed by atoms with Crippen LogP contribution in [-0.4, -0.2) is 39.5 Å². The summed E-state index contributed by atoms with van der Waals surface area (Å²) in [7, 11) is 2.12. The van der Waals surface area contributed by atoms with Gasteiger partial charge in [-0.15, -0.1) is 0 Å². The molecule has 7 aromatic rings. The van der Waals surface area contributed by atoms with Gasteiger partial charge in [0.05, 0.1) is 55.9 Å². The van der Waals surface area contributed by atoms with Gasteiger partial charge in [-0.2, -0.15) is 0 Å². The number of benzene rings is 3. The second-order valence-corrected chi connectivity index (χ2v) is 12.8. The van der Waals surface area contributed by atoms with Gasteiger partial charge in [0.25, 0.3) is 0 Å². The number of aromatic nitrogens is 8. The van der Waals surface area contributed by atoms with Gasteiger partial charge in [-0.1, -0.05) is 43.5 Å². The molecule has 0 spiro atoms. The number of nitrogens with zero attached hydrogens (tertiary/aromatic N) is 7. The van der Waals surface area contributed by atoms with Crippen molar-refractivity contribution in [2.24, 2.45) is 7.05 Å². The molecule has 0 aliphatic heterocycles. The van der Waals surface area contributed by atoms with Crippen LogP contribution in [-0.2, 0) is 32.7 Å². The van der Waals surface area contributed by atoms with Crippen molar-refractivity contribution >= 4 is 33.1 Å². The zero-order chi connectivity index (χ0) is 31.0. The summed E-state index contributed by atoms with van der Waals surface area (Å²) in [6, 6.07) is 20.8. The molecular weight excluding hydrogens is 568 g/mol. The highest BCUT2D eigenvalue weighted by atomic mass is 15.0. The van der Waals surface area contributed by atoms with Crippen molar-refractivity contribution in [3.8, 4) is 11.1 Å². The van der Waals surface area contributed by atoms with Crippen LogP contribution in [0.4, 0.5) is 0 Å². The van der Waals surface area contributed by atoms with Crippen molar-refractivity contribution in [1.29, 1.82) is 0 Å². The van der Waals surface area contributed by atoms with E-state index in [1.165, 1.54) is 37.8 Å². The van der Waals surface area contributed by atoms with E-state index in [0.29, 0.717) is 5.92 Å². The predicted molar refractivity (Wildman–Crippen MR) is 183 cm³/mol. The third-order valence-electron chi connectivity index (χ3n) is 9.52. The Morgan fingerprint density at radius 1 is 0.717 bits per heavy atom. The molecule has 0 unspecified atom stereocenters. The fourth-order valence-corrected chi connectivity index (χ4v) is 6.90. The number of hydrogen-bond acceptors (Lipinski definition) is 6. The van der Waals surface area contributed by atoms with Gasteiger partial charge in [0.15, 0.2) is 0 Å². The van der Waals surface area contributed by atoms with Crippen LogP contribution in [0.15, 0.2) is 73.1 Å². The second-order valence-electron chi connectivity index (χ2n) is 12.8. The van der Waals surface area contributed by atoms with Crippen LogP contribution in [0.3, 0.4) is 0 Å². The van der Waals surface area contributed by atoms with E-state index in [1.54, 1.807) is 0 Å². The molecule has 46 heavy (non-hydrogen) atoms. The van der Waals surface area contributed by atoms with Crippen LogP contribution < -0.4 is 0 Å². The quantitative estimate of drug-likeness (QED) is 0.190. The lowest BCUT2D eigenvalue weighted by Crippen LogP contribution is -2.05. The number of para-hydroxylation sites is 2. The molecule has 4 aromatic heterocycles. The number of H-pyrrole nitrogens is 1. The molecule has 0 atom stereocenters. The second kappa shape index (κ2) is 12.1. The largest absolute Gasteiger partial charge is 0.342 e. The first kappa shape index (κ1) is 28.5. The smallest absolute Gasteiger partial charge is 0.109 e. The van der Waals surface area contributed by atoms with Gasteiger partial charge in [-0.3, -0.25) is 4.98 Å². The molecule has 1 N–H and O–H groups in total. The molecule has 0 saturated heterocycles. The normalized spacial score (nSPS) is 14.1. The standard InChI is InChI=1S/C38H38N8/c1-24-29(17-18-37-43-31-10-6-7-11-32(31)44-37)42-33-16-13-27(21-35(33)40-24)26-12-15-30-34(20-26)41-28(22-39-30)14-19-38-45-36(23-46(38)2)25-8-4-3-5-9-25/h6-7,10-13,15-16,20-23,25H,3-5,8-9,14,17-19H2,1-2H3,(H,43,44). The highest BCUT2D eigenvalue weighted by molar-refractivity contribution is 5.86. The summed E-state index contributed by atoms with van der Waals surface area (Å²) < 4.78 is 2.20. The van der Waals surface area contributed by atoms with E-state index >= 15 is 0 Å². The third kappa shape index (κ3) is 5.75. The van der Waals surface area contributed by atoms with Crippen LogP contribution >= 0.6 is 0 Å². The van der Waals surface area contributed by atoms with E-state index in [1.807, 2.05) is 31.3 Å². The van der Waals surface area contributed by atoms with Gasteiger partial charge < -0.3 is 9.55 Å². The maximum absolute atomic E-state index is 5.03. The SMILES string of the molecule is Cc1nc2cc(-c3ccc4ncc(CCc5nc(C6CCCCC6)cn5C)nc4c3)ccc2nc1CCc1nc2ccccc2[nH]1. The Morgan fingerprint density at radius 3 is 2.33 bits per heavy atom. The van der Waals surface area contributed by atoms with Crippen molar-refractivity contribution in [3.05, 3.63) is 107 Å². The number of aromatic amines is 1. The molecule has 1 aliphatic carbocycles. The Hall–Kier alpha value is -4.98. The first-order chi connectivity index (χ1) is 22.6. The molecule has 1 fully saturated rings. The number of rotatable bonds is 8. The van der Waals surface area contributed by atoms with Gasteiger partial charge in [-0.25, -0.2) is 24.9 Å². The molecule has 0 amide bonds. The van der Waals surface area contributed by atoms with Crippen molar-refractivity contribution in [3.63, 3.8) is 0 Å². The first-order valence-corrected chi connectivity index (χ1v) is 16.5. The predicted octanol–water partition coefficient (Wildman–Crippen LogP) is 7.78. The molecule has 0 radical (unpaired) electrons. The molecule has 230 valence electrons. The average Bonchev–Trinajstić information content (AvgIpc) is 3.69. The topological polar surface area (TPSA) is 98.1 Å². The number of imidazole rings is 2. The molecule has 8 rings (SSSR count). The minimum absolute atomic E-state index is 0.619. The first-order valence-electron chi connectivity index (χ1n) is 16.5. The maximum atomic E-state index is 5.03. The monoisotopic (exact) mass is 606 g/mol. The van der Waals surface area contributed by atoms with Gasteiger partial charge in [0, 0.05) is 38.2 Å². The van der Waals surface area contributed by atoms with Gasteiger partial charge in [0.2, 0.25) is 0 Å². The van der Waals surface area contributed by atoms with Crippen LogP contribution in [0.25, 0.3) is 44.2 Å². The molecule has 0 bridgehead atoms. The number of fused-ring (bicyclic) bond motifs is 3. The fraction of sp³-hybridized carbons (Fsp3) is 0.316. The Kier molecular flexibility index (Phi) is 7.48. The zero-order valence-electron chi connectivity index (χ0n) is 26.5. The van der Waals surface area contributed by atoms with Crippen LogP contribution in [0.2, 0.25) is 0 Å². The highest BCUT2D eigenvalue weighted by Crippen LogP contribution is 2.32. The Balaban J connectivity index is 0.985. The molecule has 8 heteroatoms. The summed E-state index contributed by atoms with van der Waals surface area (Å²) in [4.78, 5) is 32.9. The molecule has 1 aliphatic rings. The van der Waals surface area contributed by atoms with Crippen LogP contribution in [0, 0.1) is 6.92 Å². The fourth-order valence-electron chi connectivity index (χ4n) is 6.90. The van der Waals surface area contributed by atoms with Crippen molar-refractivity contribution in [2.75, 3.05) is 0 Å². The lowest BCUT2D eigenvalue weighted by molar-refractivity contribution is 0.437. The van der Waals surface area contributed by atoms with E-state index in [9.17, 15) is 0 Å². The van der Waals surface area contributed by atoms with E-state index in [-0.39, 0.29) is 0 Å². The average molecular weight is 607 g/mol. The molecular formula is C38H38N8. The minimum atomic E-state index is 0.619. The van der Waals surface area contributed by atoms with Gasteiger partial charge in [-0.05, 0) is 80.1 Å². The summed E-state index contributed by atoms with van der Waals surface area (Å²) in [5.41, 5.74) is 12.0. The van der Waals surface area contributed by atoms with Gasteiger partial charge >= 0.3 is 0 Å². The van der Waals surface area contributed by atoms with E-state index in [0.717, 1.165) is 98.6 Å². The number of hydrogen-bond donors (Lipinski definition) is 1. The van der Waals surface area contributed by atoms with Crippen LogP contribution in [0.5, 0.6) is 0 Å². The highest BCUT2D eigenvalue weighted by Gasteiger charge is 2.19. The molecule has 1 saturated carbocycles. The van der Waals surface area contributed by atoms with Crippen molar-refractivity contribution < 1.29 is 0 Å². The summed E-state index contributed by atoms with van der Waals surface area (Å²) in [5.74, 6) is 2.72. The molecule has 8 nitrogen and oxygen atoms in total. The third-order valence-corrected chi connectivity index (χ3v) is 9.52. The summed E-state index contributed by atoms with van der Waals surface area (Å²) >= 11 is 0. The van der Waals surface area contributed by atoms with E-state index < -0.39 is 0 Å². The minimum Gasteiger partial charge on any atom is -0.342 e. The lowest BCUT2D eigenvalue weighted by atomic mass is 9.87. The van der Waals surface area contributed by atoms with Crippen molar-refractivity contribution in [2.45, 2.75) is 70.6 Å². The molecule has 3 aromatic carbocycles. The molecule has 4 heterocycles. The zero-order valence-corrected chi connectivity index (χ0v) is 26.5.